The lowest BCUT2D eigenvalue weighted by molar-refractivity contribution is -0.117. The fourth-order valence-electron chi connectivity index (χ4n) is 2.79. The van der Waals surface area contributed by atoms with Gasteiger partial charge in [0.05, 0.1) is 13.2 Å². The number of carbonyl (C=O) groups is 1. The van der Waals surface area contributed by atoms with Gasteiger partial charge in [-0.3, -0.25) is 4.79 Å². The molecule has 2 aromatic rings. The summed E-state index contributed by atoms with van der Waals surface area (Å²) in [5.74, 6) is -0.0445. The molecule has 0 aliphatic carbocycles. The third-order valence-corrected chi connectivity index (χ3v) is 4.09. The molecule has 1 atom stereocenters. The van der Waals surface area contributed by atoms with Gasteiger partial charge in [0.1, 0.15) is 5.82 Å². The Morgan fingerprint density at radius 2 is 1.83 bits per heavy atom. The average molecular weight is 313 g/mol. The molecule has 1 aliphatic rings. The van der Waals surface area contributed by atoms with Crippen LogP contribution < -0.4 is 4.90 Å². The molecule has 0 spiro atoms. The van der Waals surface area contributed by atoms with E-state index in [4.69, 9.17) is 4.74 Å². The number of hydrogen-bond acceptors (Lipinski definition) is 2. The predicted octanol–water partition coefficient (Wildman–Crippen LogP) is 3.70. The Morgan fingerprint density at radius 1 is 1.13 bits per heavy atom. The van der Waals surface area contributed by atoms with E-state index in [-0.39, 0.29) is 17.6 Å². The minimum absolute atomic E-state index is 0.0699. The lowest BCUT2D eigenvalue weighted by Crippen LogP contribution is -2.25. The molecule has 3 rings (SSSR count). The van der Waals surface area contributed by atoms with Gasteiger partial charge in [-0.05, 0) is 36.8 Å². The zero-order valence-electron chi connectivity index (χ0n) is 13.2. The first-order chi connectivity index (χ1) is 11.1. The highest BCUT2D eigenvalue weighted by molar-refractivity contribution is 5.95. The summed E-state index contributed by atoms with van der Waals surface area (Å²) in [4.78, 5) is 13.8. The Hall–Kier alpha value is -2.20. The minimum Gasteiger partial charge on any atom is -0.376 e. The topological polar surface area (TPSA) is 29.5 Å². The molecule has 3 nitrogen and oxygen atoms in total. The van der Waals surface area contributed by atoms with Crippen molar-refractivity contribution in [3.05, 3.63) is 65.5 Å². The van der Waals surface area contributed by atoms with E-state index in [1.807, 2.05) is 0 Å². The van der Waals surface area contributed by atoms with Crippen molar-refractivity contribution < 1.29 is 13.9 Å². The second kappa shape index (κ2) is 6.92. The lowest BCUT2D eigenvalue weighted by Gasteiger charge is -2.16. The Labute approximate surface area is 135 Å². The van der Waals surface area contributed by atoms with Gasteiger partial charge >= 0.3 is 0 Å². The maximum atomic E-state index is 13.0. The molecule has 0 radical (unpaired) electrons. The summed E-state index contributed by atoms with van der Waals surface area (Å²) in [5.41, 5.74) is 3.11. The van der Waals surface area contributed by atoms with Crippen LogP contribution >= 0.6 is 0 Å². The Bertz CT molecular complexity index is 667. The van der Waals surface area contributed by atoms with Crippen LogP contribution in [0.15, 0.2) is 48.5 Å². The Morgan fingerprint density at radius 3 is 2.52 bits per heavy atom. The van der Waals surface area contributed by atoms with Crippen molar-refractivity contribution in [2.45, 2.75) is 20.0 Å². The number of nitrogens with zero attached hydrogens (tertiary/aromatic N) is 1. The normalized spacial score (nSPS) is 17.7. The highest BCUT2D eigenvalue weighted by Crippen LogP contribution is 2.25. The van der Waals surface area contributed by atoms with Gasteiger partial charge in [-0.2, -0.15) is 0 Å². The summed E-state index contributed by atoms with van der Waals surface area (Å²) in [7, 11) is 0. The summed E-state index contributed by atoms with van der Waals surface area (Å²) < 4.78 is 18.7. The summed E-state index contributed by atoms with van der Waals surface area (Å²) in [6.45, 7) is 3.79. The molecular formula is C19H20FNO2. The summed E-state index contributed by atoms with van der Waals surface area (Å²) in [6, 6.07) is 14.3. The van der Waals surface area contributed by atoms with Crippen molar-refractivity contribution in [3.8, 4) is 0 Å². The smallest absolute Gasteiger partial charge is 0.227 e. The number of amides is 1. The van der Waals surface area contributed by atoms with E-state index in [2.05, 4.69) is 31.2 Å². The predicted molar refractivity (Wildman–Crippen MR) is 87.7 cm³/mol. The first kappa shape index (κ1) is 15.7. The van der Waals surface area contributed by atoms with E-state index in [1.165, 1.54) is 17.7 Å². The number of carbonyl (C=O) groups excluding carboxylic acids is 1. The summed E-state index contributed by atoms with van der Waals surface area (Å²) in [5, 5.41) is 0. The monoisotopic (exact) mass is 313 g/mol. The van der Waals surface area contributed by atoms with E-state index in [0.29, 0.717) is 26.2 Å². The Kier molecular flexibility index (Phi) is 4.72. The van der Waals surface area contributed by atoms with Crippen LogP contribution in [0.1, 0.15) is 17.5 Å². The van der Waals surface area contributed by atoms with Crippen molar-refractivity contribution in [1.82, 2.24) is 0 Å². The number of benzene rings is 2. The van der Waals surface area contributed by atoms with Crippen LogP contribution in [0.3, 0.4) is 0 Å². The van der Waals surface area contributed by atoms with E-state index in [1.54, 1.807) is 17.0 Å². The van der Waals surface area contributed by atoms with Crippen molar-refractivity contribution in [2.24, 2.45) is 5.92 Å². The van der Waals surface area contributed by atoms with Gasteiger partial charge in [0, 0.05) is 24.6 Å². The first-order valence-electron chi connectivity index (χ1n) is 7.81. The van der Waals surface area contributed by atoms with Crippen LogP contribution in [0.4, 0.5) is 10.1 Å². The third-order valence-electron chi connectivity index (χ3n) is 4.09. The van der Waals surface area contributed by atoms with Gasteiger partial charge in [-0.15, -0.1) is 0 Å². The molecule has 1 saturated heterocycles. The van der Waals surface area contributed by atoms with Crippen LogP contribution in [-0.4, -0.2) is 19.1 Å². The number of ether oxygens (including phenoxy) is 1. The standard InChI is InChI=1S/C19H20FNO2/c1-14-2-4-15(5-3-14)12-23-13-16-10-19(22)21(11-16)18-8-6-17(20)7-9-18/h2-9,16H,10-13H2,1H3. The zero-order chi connectivity index (χ0) is 16.2. The van der Waals surface area contributed by atoms with Gasteiger partial charge in [0.15, 0.2) is 0 Å². The summed E-state index contributed by atoms with van der Waals surface area (Å²) >= 11 is 0. The van der Waals surface area contributed by atoms with Crippen LogP contribution in [0.5, 0.6) is 0 Å². The molecule has 1 aliphatic heterocycles. The second-order valence-electron chi connectivity index (χ2n) is 6.05. The largest absolute Gasteiger partial charge is 0.376 e. The number of aryl methyl sites for hydroxylation is 1. The highest BCUT2D eigenvalue weighted by Gasteiger charge is 2.30. The van der Waals surface area contributed by atoms with Gasteiger partial charge in [-0.25, -0.2) is 4.39 Å². The van der Waals surface area contributed by atoms with Crippen molar-refractivity contribution >= 4 is 11.6 Å². The minimum atomic E-state index is -0.293. The molecule has 0 aromatic heterocycles. The average Bonchev–Trinajstić information content (AvgIpc) is 2.91. The molecule has 2 aromatic carbocycles. The van der Waals surface area contributed by atoms with Crippen LogP contribution in [-0.2, 0) is 16.1 Å². The molecule has 1 amide bonds. The van der Waals surface area contributed by atoms with Crippen molar-refractivity contribution in [3.63, 3.8) is 0 Å². The fraction of sp³-hybridized carbons (Fsp3) is 0.316. The van der Waals surface area contributed by atoms with Crippen molar-refractivity contribution in [1.29, 1.82) is 0 Å². The van der Waals surface area contributed by atoms with Crippen LogP contribution in [0.2, 0.25) is 0 Å². The van der Waals surface area contributed by atoms with E-state index >= 15 is 0 Å². The Balaban J connectivity index is 1.51. The molecular weight excluding hydrogens is 293 g/mol. The maximum absolute atomic E-state index is 13.0. The molecule has 0 saturated carbocycles. The number of halogens is 1. The lowest BCUT2D eigenvalue weighted by atomic mass is 10.1. The quantitative estimate of drug-likeness (QED) is 0.842. The molecule has 0 N–H and O–H groups in total. The van der Waals surface area contributed by atoms with Crippen LogP contribution in [0, 0.1) is 18.7 Å². The van der Waals surface area contributed by atoms with E-state index in [9.17, 15) is 9.18 Å². The fourth-order valence-corrected chi connectivity index (χ4v) is 2.79. The van der Waals surface area contributed by atoms with Gasteiger partial charge in [-0.1, -0.05) is 29.8 Å². The molecule has 1 unspecified atom stereocenters. The molecule has 0 bridgehead atoms. The first-order valence-corrected chi connectivity index (χ1v) is 7.81. The SMILES string of the molecule is Cc1ccc(COCC2CC(=O)N(c3ccc(F)cc3)C2)cc1. The van der Waals surface area contributed by atoms with Crippen LogP contribution in [0.25, 0.3) is 0 Å². The molecule has 1 fully saturated rings. The number of hydrogen-bond donors (Lipinski definition) is 0. The third kappa shape index (κ3) is 3.96. The van der Waals surface area contributed by atoms with Crippen molar-refractivity contribution in [2.75, 3.05) is 18.1 Å². The van der Waals surface area contributed by atoms with Gasteiger partial charge in [0.2, 0.25) is 5.91 Å². The maximum Gasteiger partial charge on any atom is 0.227 e. The molecule has 120 valence electrons. The van der Waals surface area contributed by atoms with Gasteiger partial charge < -0.3 is 9.64 Å². The van der Waals surface area contributed by atoms with Gasteiger partial charge in [0.25, 0.3) is 0 Å². The molecule has 23 heavy (non-hydrogen) atoms. The molecule has 1 heterocycles. The molecule has 4 heteroatoms. The van der Waals surface area contributed by atoms with E-state index in [0.717, 1.165) is 11.3 Å². The van der Waals surface area contributed by atoms with E-state index < -0.39 is 0 Å². The summed E-state index contributed by atoms with van der Waals surface area (Å²) in [6.07, 6.45) is 0.477. The number of rotatable bonds is 5. The number of anilines is 1. The zero-order valence-corrected chi connectivity index (χ0v) is 13.2. The highest BCUT2D eigenvalue weighted by atomic mass is 19.1. The second-order valence-corrected chi connectivity index (χ2v) is 6.05.